The van der Waals surface area contributed by atoms with Gasteiger partial charge in [0.2, 0.25) is 5.91 Å². The Morgan fingerprint density at radius 1 is 1.04 bits per heavy atom. The number of hydrogen-bond donors (Lipinski definition) is 2. The van der Waals surface area contributed by atoms with Crippen LogP contribution in [0.3, 0.4) is 0 Å². The Balaban J connectivity index is 1.99. The van der Waals surface area contributed by atoms with Gasteiger partial charge in [-0.3, -0.25) is 4.79 Å². The maximum absolute atomic E-state index is 11.7. The predicted molar refractivity (Wildman–Crippen MR) is 104 cm³/mol. The standard InChI is InChI=1S/C20H26N4O2/c1-4-21-20(23-15-19(25)24(2)3)22-14-16-9-8-12-18(13-16)26-17-10-6-5-7-11-17/h5-13H,4,14-15H2,1-3H3,(H2,21,22,23). The van der Waals surface area contributed by atoms with Gasteiger partial charge in [0.25, 0.3) is 0 Å². The Bertz CT molecular complexity index is 730. The van der Waals surface area contributed by atoms with Crippen molar-refractivity contribution in [1.29, 1.82) is 0 Å². The molecule has 0 aliphatic heterocycles. The molecule has 0 heterocycles. The van der Waals surface area contributed by atoms with E-state index in [1.54, 1.807) is 19.0 Å². The third-order valence-corrected chi connectivity index (χ3v) is 3.55. The molecule has 1 amide bonds. The highest BCUT2D eigenvalue weighted by Gasteiger charge is 2.05. The van der Waals surface area contributed by atoms with Crippen molar-refractivity contribution in [2.45, 2.75) is 13.5 Å². The van der Waals surface area contributed by atoms with E-state index in [0.717, 1.165) is 23.6 Å². The van der Waals surface area contributed by atoms with Crippen LogP contribution in [0.25, 0.3) is 0 Å². The monoisotopic (exact) mass is 354 g/mol. The minimum Gasteiger partial charge on any atom is -0.457 e. The Morgan fingerprint density at radius 2 is 1.77 bits per heavy atom. The van der Waals surface area contributed by atoms with Gasteiger partial charge in [-0.1, -0.05) is 30.3 Å². The number of likely N-dealkylation sites (N-methyl/N-ethyl adjacent to an activating group) is 1. The molecule has 0 fully saturated rings. The fourth-order valence-electron chi connectivity index (χ4n) is 2.16. The second-order valence-corrected chi connectivity index (χ2v) is 5.90. The molecule has 0 spiro atoms. The molecule has 2 aromatic carbocycles. The van der Waals surface area contributed by atoms with Crippen LogP contribution in [0.15, 0.2) is 59.6 Å². The first-order valence-electron chi connectivity index (χ1n) is 8.62. The molecule has 2 aromatic rings. The first kappa shape index (κ1) is 19.3. The summed E-state index contributed by atoms with van der Waals surface area (Å²) in [5.74, 6) is 2.17. The lowest BCUT2D eigenvalue weighted by Crippen LogP contribution is -2.42. The van der Waals surface area contributed by atoms with Crippen LogP contribution in [-0.2, 0) is 11.3 Å². The molecule has 2 rings (SSSR count). The van der Waals surface area contributed by atoms with E-state index < -0.39 is 0 Å². The van der Waals surface area contributed by atoms with E-state index in [0.29, 0.717) is 12.5 Å². The Hall–Kier alpha value is -3.02. The number of benzene rings is 2. The van der Waals surface area contributed by atoms with Crippen molar-refractivity contribution >= 4 is 11.9 Å². The molecule has 0 radical (unpaired) electrons. The van der Waals surface area contributed by atoms with E-state index in [2.05, 4.69) is 15.6 Å². The molecule has 2 N–H and O–H groups in total. The van der Waals surface area contributed by atoms with Gasteiger partial charge >= 0.3 is 0 Å². The molecule has 138 valence electrons. The SMILES string of the molecule is CCNC(=NCc1cccc(Oc2ccccc2)c1)NCC(=O)N(C)C. The largest absolute Gasteiger partial charge is 0.457 e. The number of nitrogens with zero attached hydrogens (tertiary/aromatic N) is 2. The second-order valence-electron chi connectivity index (χ2n) is 5.90. The number of nitrogens with one attached hydrogen (secondary N) is 2. The summed E-state index contributed by atoms with van der Waals surface area (Å²) >= 11 is 0. The molecule has 0 aliphatic rings. The van der Waals surface area contributed by atoms with Crippen LogP contribution in [0.5, 0.6) is 11.5 Å². The van der Waals surface area contributed by atoms with E-state index in [9.17, 15) is 4.79 Å². The maximum atomic E-state index is 11.7. The molecular formula is C20H26N4O2. The van der Waals surface area contributed by atoms with Crippen LogP contribution < -0.4 is 15.4 Å². The number of hydrogen-bond acceptors (Lipinski definition) is 3. The third kappa shape index (κ3) is 6.47. The van der Waals surface area contributed by atoms with Crippen molar-refractivity contribution in [3.8, 4) is 11.5 Å². The number of guanidine groups is 1. The molecule has 0 aromatic heterocycles. The first-order valence-corrected chi connectivity index (χ1v) is 8.62. The zero-order valence-corrected chi connectivity index (χ0v) is 15.5. The van der Waals surface area contributed by atoms with Crippen molar-refractivity contribution in [1.82, 2.24) is 15.5 Å². The average molecular weight is 354 g/mol. The molecule has 26 heavy (non-hydrogen) atoms. The zero-order valence-electron chi connectivity index (χ0n) is 15.5. The molecule has 6 nitrogen and oxygen atoms in total. The Morgan fingerprint density at radius 3 is 2.46 bits per heavy atom. The highest BCUT2D eigenvalue weighted by molar-refractivity contribution is 5.86. The van der Waals surface area contributed by atoms with Gasteiger partial charge in [-0.25, -0.2) is 4.99 Å². The van der Waals surface area contributed by atoms with E-state index in [4.69, 9.17) is 4.74 Å². The maximum Gasteiger partial charge on any atom is 0.241 e. The number of aliphatic imine (C=N–C) groups is 1. The van der Waals surface area contributed by atoms with E-state index in [1.807, 2.05) is 61.5 Å². The van der Waals surface area contributed by atoms with E-state index in [1.165, 1.54) is 0 Å². The Labute approximate surface area is 154 Å². The summed E-state index contributed by atoms with van der Waals surface area (Å²) < 4.78 is 5.85. The van der Waals surface area contributed by atoms with Crippen LogP contribution >= 0.6 is 0 Å². The Kier molecular flexibility index (Phi) is 7.49. The normalized spacial score (nSPS) is 11.0. The van der Waals surface area contributed by atoms with Gasteiger partial charge in [0.1, 0.15) is 11.5 Å². The number of ether oxygens (including phenoxy) is 1. The summed E-state index contributed by atoms with van der Waals surface area (Å²) in [7, 11) is 3.46. The number of carbonyl (C=O) groups is 1. The predicted octanol–water partition coefficient (Wildman–Crippen LogP) is 2.62. The topological polar surface area (TPSA) is 66.0 Å². The molecule has 0 atom stereocenters. The highest BCUT2D eigenvalue weighted by atomic mass is 16.5. The minimum absolute atomic E-state index is 0.00568. The quantitative estimate of drug-likeness (QED) is 0.593. The van der Waals surface area contributed by atoms with Gasteiger partial charge in [-0.15, -0.1) is 0 Å². The van der Waals surface area contributed by atoms with Gasteiger partial charge in [-0.2, -0.15) is 0 Å². The van der Waals surface area contributed by atoms with Crippen LogP contribution in [0, 0.1) is 0 Å². The zero-order chi connectivity index (χ0) is 18.8. The molecule has 6 heteroatoms. The van der Waals surface area contributed by atoms with Crippen LogP contribution in [0.1, 0.15) is 12.5 Å². The number of rotatable bonds is 7. The average Bonchev–Trinajstić information content (AvgIpc) is 2.65. The lowest BCUT2D eigenvalue weighted by atomic mass is 10.2. The molecule has 0 unspecified atom stereocenters. The summed E-state index contributed by atoms with van der Waals surface area (Å²) in [6, 6.07) is 17.5. The first-order chi connectivity index (χ1) is 12.6. The number of para-hydroxylation sites is 1. The van der Waals surface area contributed by atoms with Gasteiger partial charge < -0.3 is 20.3 Å². The van der Waals surface area contributed by atoms with Crippen molar-refractivity contribution in [2.75, 3.05) is 27.2 Å². The highest BCUT2D eigenvalue weighted by Crippen LogP contribution is 2.22. The van der Waals surface area contributed by atoms with Gasteiger partial charge in [0.05, 0.1) is 13.1 Å². The van der Waals surface area contributed by atoms with Crippen molar-refractivity contribution in [3.63, 3.8) is 0 Å². The third-order valence-electron chi connectivity index (χ3n) is 3.55. The van der Waals surface area contributed by atoms with E-state index >= 15 is 0 Å². The van der Waals surface area contributed by atoms with Crippen molar-refractivity contribution in [3.05, 3.63) is 60.2 Å². The summed E-state index contributed by atoms with van der Waals surface area (Å²) in [4.78, 5) is 17.8. The fourth-order valence-corrected chi connectivity index (χ4v) is 2.16. The van der Waals surface area contributed by atoms with Gasteiger partial charge in [0, 0.05) is 20.6 Å². The molecule has 0 aliphatic carbocycles. The molecular weight excluding hydrogens is 328 g/mol. The van der Waals surface area contributed by atoms with Crippen LogP contribution in [0.2, 0.25) is 0 Å². The summed E-state index contributed by atoms with van der Waals surface area (Å²) in [5, 5.41) is 6.18. The number of carbonyl (C=O) groups excluding carboxylic acids is 1. The van der Waals surface area contributed by atoms with Gasteiger partial charge in [-0.05, 0) is 36.8 Å². The summed E-state index contributed by atoms with van der Waals surface area (Å²) in [6.45, 7) is 3.39. The summed E-state index contributed by atoms with van der Waals surface area (Å²) in [6.07, 6.45) is 0. The van der Waals surface area contributed by atoms with Crippen LogP contribution in [0.4, 0.5) is 0 Å². The van der Waals surface area contributed by atoms with E-state index in [-0.39, 0.29) is 12.5 Å². The molecule has 0 saturated heterocycles. The molecule has 0 saturated carbocycles. The second kappa shape index (κ2) is 10.1. The molecule has 0 bridgehead atoms. The van der Waals surface area contributed by atoms with Crippen molar-refractivity contribution < 1.29 is 9.53 Å². The van der Waals surface area contributed by atoms with Crippen LogP contribution in [-0.4, -0.2) is 44.0 Å². The smallest absolute Gasteiger partial charge is 0.241 e. The fraction of sp³-hybridized carbons (Fsp3) is 0.300. The lowest BCUT2D eigenvalue weighted by molar-refractivity contribution is -0.127. The van der Waals surface area contributed by atoms with Gasteiger partial charge in [0.15, 0.2) is 5.96 Å². The minimum atomic E-state index is -0.00568. The lowest BCUT2D eigenvalue weighted by Gasteiger charge is -2.14. The summed E-state index contributed by atoms with van der Waals surface area (Å²) in [5.41, 5.74) is 1.02. The van der Waals surface area contributed by atoms with Crippen molar-refractivity contribution in [2.24, 2.45) is 4.99 Å². The number of amides is 1.